The van der Waals surface area contributed by atoms with Crippen molar-refractivity contribution in [2.45, 2.75) is 103 Å². The van der Waals surface area contributed by atoms with Crippen molar-refractivity contribution >= 4 is 30.9 Å². The average Bonchev–Trinajstić information content (AvgIpc) is 3.53. The van der Waals surface area contributed by atoms with E-state index in [1.54, 1.807) is 4.52 Å². The maximum Gasteiger partial charge on any atom is 0.472 e. The average molecular weight is 557 g/mol. The van der Waals surface area contributed by atoms with E-state index in [9.17, 15) is 9.46 Å². The molecule has 1 saturated heterocycles. The first-order chi connectivity index (χ1) is 18.0. The molecule has 1 aliphatic heterocycles. The van der Waals surface area contributed by atoms with Gasteiger partial charge in [-0.1, -0.05) is 64.7 Å². The zero-order valence-electron chi connectivity index (χ0n) is 22.3. The van der Waals surface area contributed by atoms with Crippen molar-refractivity contribution in [3.8, 4) is 0 Å². The summed E-state index contributed by atoms with van der Waals surface area (Å²) >= 11 is 1.88. The topological polar surface area (TPSA) is 121 Å². The fraction of sp³-hybridized carbons (Fsp3) is 0.769. The number of anilines is 1. The molecule has 3 unspecified atom stereocenters. The van der Waals surface area contributed by atoms with Crippen LogP contribution in [0, 0.1) is 0 Å². The minimum Gasteiger partial charge on any atom is -0.382 e. The van der Waals surface area contributed by atoms with E-state index in [1.165, 1.54) is 70.5 Å². The summed E-state index contributed by atoms with van der Waals surface area (Å²) in [5.74, 6) is 2.47. The van der Waals surface area contributed by atoms with Crippen LogP contribution in [0.15, 0.2) is 18.5 Å². The summed E-state index contributed by atoms with van der Waals surface area (Å²) < 4.78 is 30.4. The molecule has 0 saturated carbocycles. The van der Waals surface area contributed by atoms with Crippen molar-refractivity contribution in [1.29, 1.82) is 0 Å². The molecule has 3 atom stereocenters. The highest BCUT2D eigenvalue weighted by Gasteiger charge is 2.31. The van der Waals surface area contributed by atoms with Crippen molar-refractivity contribution < 1.29 is 23.2 Å². The molecular weight excluding hydrogens is 511 g/mol. The van der Waals surface area contributed by atoms with Crippen molar-refractivity contribution in [1.82, 2.24) is 14.6 Å². The van der Waals surface area contributed by atoms with Crippen LogP contribution in [-0.4, -0.2) is 50.3 Å². The van der Waals surface area contributed by atoms with Gasteiger partial charge in [-0.25, -0.2) is 14.1 Å². The Morgan fingerprint density at radius 3 is 2.51 bits per heavy atom. The molecule has 3 heterocycles. The Labute approximate surface area is 225 Å². The van der Waals surface area contributed by atoms with E-state index in [2.05, 4.69) is 17.0 Å². The first kappa shape index (κ1) is 30.4. The molecule has 0 aromatic carbocycles. The van der Waals surface area contributed by atoms with E-state index in [4.69, 9.17) is 19.5 Å². The van der Waals surface area contributed by atoms with Crippen molar-refractivity contribution in [2.75, 3.05) is 30.5 Å². The van der Waals surface area contributed by atoms with Gasteiger partial charge < -0.3 is 15.4 Å². The molecule has 3 rings (SSSR count). The number of hydrogen-bond acceptors (Lipinski definition) is 8. The summed E-state index contributed by atoms with van der Waals surface area (Å²) in [5.41, 5.74) is 7.51. The second-order valence-electron chi connectivity index (χ2n) is 9.77. The van der Waals surface area contributed by atoms with Gasteiger partial charge in [-0.15, -0.1) is 0 Å². The number of aromatic nitrogens is 3. The highest BCUT2D eigenvalue weighted by Crippen LogP contribution is 2.44. The van der Waals surface area contributed by atoms with Gasteiger partial charge in [0.1, 0.15) is 17.9 Å². The fourth-order valence-electron chi connectivity index (χ4n) is 4.61. The molecule has 1 fully saturated rings. The summed E-state index contributed by atoms with van der Waals surface area (Å²) in [4.78, 5) is 14.0. The van der Waals surface area contributed by atoms with Gasteiger partial charge in [-0.05, 0) is 49.3 Å². The SMILES string of the molecule is CCCCCCCCCCCCSCCCOP(=O)(O)OCC1CCC(c2ccc3c(N)ncnn23)O1. The lowest BCUT2D eigenvalue weighted by molar-refractivity contribution is 0.00498. The standard InChI is InChI=1S/C26H45N4O5PS/c1-2-3-4-5-6-7-8-9-10-11-18-37-19-12-17-33-36(31,32)34-20-22-13-16-25(35-22)23-14-15-24-26(27)28-21-29-30(23)24/h14-15,21-22,25H,2-13,16-20H2,1H3,(H,31,32)(H2,27,28,29). The van der Waals surface area contributed by atoms with Gasteiger partial charge in [-0.2, -0.15) is 16.9 Å². The molecule has 37 heavy (non-hydrogen) atoms. The van der Waals surface area contributed by atoms with E-state index < -0.39 is 7.82 Å². The quantitative estimate of drug-likeness (QED) is 0.135. The summed E-state index contributed by atoms with van der Waals surface area (Å²) in [6.45, 7) is 2.48. The van der Waals surface area contributed by atoms with Crippen molar-refractivity contribution in [2.24, 2.45) is 0 Å². The first-order valence-corrected chi connectivity index (χ1v) is 16.6. The van der Waals surface area contributed by atoms with Crippen LogP contribution >= 0.6 is 19.6 Å². The number of nitrogens with zero attached hydrogens (tertiary/aromatic N) is 3. The highest BCUT2D eigenvalue weighted by atomic mass is 32.2. The minimum atomic E-state index is -4.09. The lowest BCUT2D eigenvalue weighted by atomic mass is 10.1. The normalized spacial score (nSPS) is 19.5. The number of phosphoric acid groups is 1. The number of fused-ring (bicyclic) bond motifs is 1. The second-order valence-corrected chi connectivity index (χ2v) is 12.4. The van der Waals surface area contributed by atoms with Gasteiger partial charge >= 0.3 is 7.82 Å². The van der Waals surface area contributed by atoms with Crippen LogP contribution in [0.2, 0.25) is 0 Å². The lowest BCUT2D eigenvalue weighted by Crippen LogP contribution is -2.15. The van der Waals surface area contributed by atoms with Crippen LogP contribution in [0.1, 0.15) is 102 Å². The molecular formula is C26H45N4O5PS. The molecule has 9 nitrogen and oxygen atoms in total. The highest BCUT2D eigenvalue weighted by molar-refractivity contribution is 7.99. The number of hydrogen-bond donors (Lipinski definition) is 2. The van der Waals surface area contributed by atoms with Crippen molar-refractivity contribution in [3.63, 3.8) is 0 Å². The second kappa shape index (κ2) is 16.7. The van der Waals surface area contributed by atoms with Gasteiger partial charge in [0.2, 0.25) is 0 Å². The third-order valence-electron chi connectivity index (χ3n) is 6.70. The zero-order chi connectivity index (χ0) is 26.3. The molecule has 0 radical (unpaired) electrons. The maximum absolute atomic E-state index is 12.2. The molecule has 2 aromatic heterocycles. The number of phosphoric ester groups is 1. The number of thioether (sulfide) groups is 1. The lowest BCUT2D eigenvalue weighted by Gasteiger charge is -2.16. The number of nitrogens with two attached hydrogens (primary N) is 1. The first-order valence-electron chi connectivity index (χ1n) is 13.9. The predicted octanol–water partition coefficient (Wildman–Crippen LogP) is 6.71. The van der Waals surface area contributed by atoms with E-state index in [-0.39, 0.29) is 25.4 Å². The van der Waals surface area contributed by atoms with Crippen LogP contribution < -0.4 is 5.73 Å². The van der Waals surface area contributed by atoms with Gasteiger partial charge in [0.15, 0.2) is 5.82 Å². The third kappa shape index (κ3) is 10.9. The number of rotatable bonds is 20. The largest absolute Gasteiger partial charge is 0.472 e. The van der Waals surface area contributed by atoms with Crippen LogP contribution in [0.4, 0.5) is 5.82 Å². The number of unbranched alkanes of at least 4 members (excludes halogenated alkanes) is 9. The molecule has 0 amide bonds. The van der Waals surface area contributed by atoms with Crippen LogP contribution in [-0.2, 0) is 18.3 Å². The smallest absolute Gasteiger partial charge is 0.382 e. The summed E-state index contributed by atoms with van der Waals surface area (Å²) in [7, 11) is -4.09. The van der Waals surface area contributed by atoms with Crippen LogP contribution in [0.3, 0.4) is 0 Å². The minimum absolute atomic E-state index is 0.0121. The monoisotopic (exact) mass is 556 g/mol. The molecule has 210 valence electrons. The Kier molecular flexibility index (Phi) is 13.7. The predicted molar refractivity (Wildman–Crippen MR) is 150 cm³/mol. The van der Waals surface area contributed by atoms with Crippen molar-refractivity contribution in [3.05, 3.63) is 24.2 Å². The molecule has 2 aromatic rings. The summed E-state index contributed by atoms with van der Waals surface area (Å²) in [5, 5.41) is 4.26. The molecule has 0 bridgehead atoms. The van der Waals surface area contributed by atoms with Gasteiger partial charge in [0.05, 0.1) is 25.0 Å². The maximum atomic E-state index is 12.2. The molecule has 11 heteroatoms. The Morgan fingerprint density at radius 1 is 1.05 bits per heavy atom. The van der Waals surface area contributed by atoms with E-state index in [0.29, 0.717) is 12.2 Å². The van der Waals surface area contributed by atoms with E-state index in [0.717, 1.165) is 35.6 Å². The van der Waals surface area contributed by atoms with Gasteiger partial charge in [0, 0.05) is 0 Å². The third-order valence-corrected chi connectivity index (χ3v) is 8.84. The Hall–Kier alpha value is -1.16. The molecule has 0 spiro atoms. The Morgan fingerprint density at radius 2 is 1.76 bits per heavy atom. The van der Waals surface area contributed by atoms with Crippen LogP contribution in [0.25, 0.3) is 5.52 Å². The van der Waals surface area contributed by atoms with E-state index >= 15 is 0 Å². The number of nitrogen functional groups attached to an aromatic ring is 1. The fourth-order valence-corrected chi connectivity index (χ4v) is 6.34. The van der Waals surface area contributed by atoms with Crippen LogP contribution in [0.5, 0.6) is 0 Å². The zero-order valence-corrected chi connectivity index (χ0v) is 24.0. The Bertz CT molecular complexity index is 962. The Balaban J connectivity index is 1.18. The summed E-state index contributed by atoms with van der Waals surface area (Å²) in [6.07, 6.45) is 16.6. The van der Waals surface area contributed by atoms with Gasteiger partial charge in [0.25, 0.3) is 0 Å². The van der Waals surface area contributed by atoms with Gasteiger partial charge in [-0.3, -0.25) is 9.05 Å². The molecule has 1 aliphatic rings. The summed E-state index contributed by atoms with van der Waals surface area (Å²) in [6, 6.07) is 3.78. The van der Waals surface area contributed by atoms with E-state index in [1.807, 2.05) is 23.9 Å². The number of ether oxygens (including phenoxy) is 1. The molecule has 3 N–H and O–H groups in total. The molecule has 0 aliphatic carbocycles.